The minimum Gasteiger partial charge on any atom is -0.495 e. The van der Waals surface area contributed by atoms with Gasteiger partial charge in [0.15, 0.2) is 21.3 Å². The van der Waals surface area contributed by atoms with Crippen LogP contribution in [0.4, 0.5) is 23.1 Å². The second-order valence-corrected chi connectivity index (χ2v) is 9.45. The molecule has 0 unspecified atom stereocenters. The van der Waals surface area contributed by atoms with Crippen molar-refractivity contribution in [1.29, 1.82) is 0 Å². The van der Waals surface area contributed by atoms with E-state index in [0.29, 0.717) is 11.4 Å². The Kier molecular flexibility index (Phi) is 6.11. The van der Waals surface area contributed by atoms with Gasteiger partial charge in [-0.15, -0.1) is 10.2 Å². The largest absolute Gasteiger partial charge is 0.495 e. The summed E-state index contributed by atoms with van der Waals surface area (Å²) in [6.07, 6.45) is 1.98. The molecule has 1 aliphatic rings. The van der Waals surface area contributed by atoms with Crippen LogP contribution >= 0.6 is 0 Å². The van der Waals surface area contributed by atoms with Crippen LogP contribution in [0.5, 0.6) is 5.75 Å². The molecule has 3 aromatic rings. The lowest BCUT2D eigenvalue weighted by molar-refractivity contribution is 0.0995. The number of carbonyl (C=O) groups excluding carboxylic acids is 1. The average Bonchev–Trinajstić information content (AvgIpc) is 2.78. The fourth-order valence-electron chi connectivity index (χ4n) is 3.55. The van der Waals surface area contributed by atoms with Gasteiger partial charge in [0.2, 0.25) is 5.95 Å². The van der Waals surface area contributed by atoms with Gasteiger partial charge in [-0.05, 0) is 48.4 Å². The van der Waals surface area contributed by atoms with Crippen LogP contribution in [0.15, 0.2) is 41.3 Å². The molecule has 0 saturated heterocycles. The topological polar surface area (TPSA) is 161 Å². The van der Waals surface area contributed by atoms with Crippen molar-refractivity contribution in [1.82, 2.24) is 20.5 Å². The standard InChI is InChI=1S/C21H23N7O4S/c1-32-16-10-12-7-8-23-11-13(12)9-15(16)25-21-26-20(18(19(22)29)27-28-21)24-14-5-3-4-6-17(14)33(2,30)31/h3-6,9-10,23H,7-8,11H2,1-2H3,(H2,22,29)(H2,24,25,26,28). The van der Waals surface area contributed by atoms with Gasteiger partial charge >= 0.3 is 0 Å². The van der Waals surface area contributed by atoms with E-state index in [1.54, 1.807) is 25.3 Å². The predicted octanol–water partition coefficient (Wildman–Crippen LogP) is 1.52. The van der Waals surface area contributed by atoms with Crippen LogP contribution in [-0.4, -0.2) is 49.4 Å². The minimum absolute atomic E-state index is 0.0327. The lowest BCUT2D eigenvalue weighted by Crippen LogP contribution is -2.23. The molecule has 1 aromatic heterocycles. The van der Waals surface area contributed by atoms with Gasteiger partial charge < -0.3 is 26.4 Å². The number of anilines is 4. The lowest BCUT2D eigenvalue weighted by Gasteiger charge is -2.20. The van der Waals surface area contributed by atoms with Crippen LogP contribution in [0, 0.1) is 0 Å². The van der Waals surface area contributed by atoms with Gasteiger partial charge in [-0.2, -0.15) is 4.98 Å². The van der Waals surface area contributed by atoms with Crippen LogP contribution in [0.1, 0.15) is 21.6 Å². The summed E-state index contributed by atoms with van der Waals surface area (Å²) in [4.78, 5) is 16.3. The lowest BCUT2D eigenvalue weighted by atomic mass is 10.00. The number of nitrogens with one attached hydrogen (secondary N) is 3. The molecule has 0 bridgehead atoms. The van der Waals surface area contributed by atoms with E-state index >= 15 is 0 Å². The number of aromatic nitrogens is 3. The van der Waals surface area contributed by atoms with Crippen molar-refractivity contribution in [3.05, 3.63) is 53.2 Å². The molecule has 0 spiro atoms. The molecule has 33 heavy (non-hydrogen) atoms. The quantitative estimate of drug-likeness (QED) is 0.399. The average molecular weight is 470 g/mol. The Balaban J connectivity index is 1.72. The van der Waals surface area contributed by atoms with E-state index < -0.39 is 15.7 Å². The highest BCUT2D eigenvalue weighted by molar-refractivity contribution is 7.90. The van der Waals surface area contributed by atoms with Crippen molar-refractivity contribution < 1.29 is 17.9 Å². The Bertz CT molecular complexity index is 1330. The number of hydrogen-bond donors (Lipinski definition) is 4. The number of amides is 1. The molecule has 1 aliphatic heterocycles. The molecule has 11 nitrogen and oxygen atoms in total. The fourth-order valence-corrected chi connectivity index (χ4v) is 4.39. The first-order valence-corrected chi connectivity index (χ1v) is 11.9. The van der Waals surface area contributed by atoms with Gasteiger partial charge in [-0.25, -0.2) is 8.42 Å². The van der Waals surface area contributed by atoms with E-state index in [-0.39, 0.29) is 28.0 Å². The summed E-state index contributed by atoms with van der Waals surface area (Å²) < 4.78 is 29.8. The zero-order valence-electron chi connectivity index (χ0n) is 18.0. The fraction of sp³-hybridized carbons (Fsp3) is 0.238. The zero-order valence-corrected chi connectivity index (χ0v) is 18.9. The number of nitrogens with two attached hydrogens (primary N) is 1. The van der Waals surface area contributed by atoms with Crippen molar-refractivity contribution in [2.24, 2.45) is 5.73 Å². The normalized spacial score (nSPS) is 13.2. The molecule has 0 atom stereocenters. The highest BCUT2D eigenvalue weighted by Crippen LogP contribution is 2.32. The molecule has 2 heterocycles. The van der Waals surface area contributed by atoms with Crippen molar-refractivity contribution >= 4 is 38.9 Å². The highest BCUT2D eigenvalue weighted by atomic mass is 32.2. The highest BCUT2D eigenvalue weighted by Gasteiger charge is 2.20. The van der Waals surface area contributed by atoms with Gasteiger partial charge in [-0.1, -0.05) is 12.1 Å². The summed E-state index contributed by atoms with van der Waals surface area (Å²) >= 11 is 0. The van der Waals surface area contributed by atoms with E-state index in [1.165, 1.54) is 11.6 Å². The monoisotopic (exact) mass is 469 g/mol. The summed E-state index contributed by atoms with van der Waals surface area (Å²) in [7, 11) is -1.98. The Morgan fingerprint density at radius 2 is 1.91 bits per heavy atom. The molecular formula is C21H23N7O4S. The van der Waals surface area contributed by atoms with Gasteiger partial charge in [0.1, 0.15) is 5.75 Å². The van der Waals surface area contributed by atoms with Gasteiger partial charge in [0.25, 0.3) is 5.91 Å². The molecule has 0 saturated carbocycles. The van der Waals surface area contributed by atoms with Gasteiger partial charge in [0.05, 0.1) is 23.4 Å². The Morgan fingerprint density at radius 1 is 1.12 bits per heavy atom. The van der Waals surface area contributed by atoms with Crippen LogP contribution < -0.4 is 26.4 Å². The Hall–Kier alpha value is -3.77. The molecule has 4 rings (SSSR count). The third-order valence-electron chi connectivity index (χ3n) is 5.11. The number of primary amides is 1. The zero-order chi connectivity index (χ0) is 23.6. The molecule has 0 radical (unpaired) electrons. The number of para-hydroxylation sites is 1. The maximum atomic E-state index is 12.1. The number of benzene rings is 2. The van der Waals surface area contributed by atoms with E-state index in [0.717, 1.165) is 31.3 Å². The first-order chi connectivity index (χ1) is 15.8. The van der Waals surface area contributed by atoms with Gasteiger partial charge in [-0.3, -0.25) is 4.79 Å². The molecule has 2 aromatic carbocycles. The van der Waals surface area contributed by atoms with Gasteiger partial charge in [0, 0.05) is 12.8 Å². The van der Waals surface area contributed by atoms with E-state index in [9.17, 15) is 13.2 Å². The number of hydrogen-bond acceptors (Lipinski definition) is 10. The maximum Gasteiger partial charge on any atom is 0.273 e. The predicted molar refractivity (Wildman–Crippen MR) is 123 cm³/mol. The molecule has 5 N–H and O–H groups in total. The first-order valence-electron chi connectivity index (χ1n) is 10.0. The SMILES string of the molecule is COc1cc2c(cc1Nc1nnc(C(N)=O)c(Nc3ccccc3S(C)(=O)=O)n1)CNCC2. The van der Waals surface area contributed by atoms with Crippen LogP contribution in [-0.2, 0) is 22.8 Å². The maximum absolute atomic E-state index is 12.1. The van der Waals surface area contributed by atoms with Crippen LogP contribution in [0.2, 0.25) is 0 Å². The van der Waals surface area contributed by atoms with E-state index in [4.69, 9.17) is 10.5 Å². The van der Waals surface area contributed by atoms with E-state index in [1.807, 2.05) is 12.1 Å². The number of carbonyl (C=O) groups is 1. The third-order valence-corrected chi connectivity index (χ3v) is 6.27. The number of fused-ring (bicyclic) bond motifs is 1. The number of nitrogens with zero attached hydrogens (tertiary/aromatic N) is 3. The number of ether oxygens (including phenoxy) is 1. The van der Waals surface area contributed by atoms with Crippen molar-refractivity contribution in [3.63, 3.8) is 0 Å². The molecule has 1 amide bonds. The second-order valence-electron chi connectivity index (χ2n) is 7.46. The first kappa shape index (κ1) is 22.4. The van der Waals surface area contributed by atoms with Crippen LogP contribution in [0.3, 0.4) is 0 Å². The summed E-state index contributed by atoms with van der Waals surface area (Å²) in [5, 5.41) is 17.1. The molecule has 12 heteroatoms. The van der Waals surface area contributed by atoms with Crippen LogP contribution in [0.25, 0.3) is 0 Å². The van der Waals surface area contributed by atoms with Crippen molar-refractivity contribution in [3.8, 4) is 5.75 Å². The summed E-state index contributed by atoms with van der Waals surface area (Å²) in [5.41, 5.74) is 8.36. The second kappa shape index (κ2) is 9.00. The number of sulfone groups is 1. The summed E-state index contributed by atoms with van der Waals surface area (Å²) in [6.45, 7) is 1.62. The summed E-state index contributed by atoms with van der Waals surface area (Å²) in [6, 6.07) is 10.2. The third kappa shape index (κ3) is 4.86. The minimum atomic E-state index is -3.54. The molecule has 0 fully saturated rings. The van der Waals surface area contributed by atoms with Crippen molar-refractivity contribution in [2.75, 3.05) is 30.5 Å². The molecule has 172 valence electrons. The smallest absolute Gasteiger partial charge is 0.273 e. The van der Waals surface area contributed by atoms with Crippen molar-refractivity contribution in [2.45, 2.75) is 17.9 Å². The Morgan fingerprint density at radius 3 is 2.64 bits per heavy atom. The molecule has 0 aliphatic carbocycles. The summed E-state index contributed by atoms with van der Waals surface area (Å²) in [5.74, 6) is -0.218. The van der Waals surface area contributed by atoms with E-state index in [2.05, 4.69) is 31.1 Å². The molecular weight excluding hydrogens is 446 g/mol. The number of rotatable bonds is 7. The Labute approximate surface area is 190 Å². The number of methoxy groups -OCH3 is 1.